The fourth-order valence-corrected chi connectivity index (χ4v) is 3.04. The molecule has 2 rings (SSSR count). The number of hydrogen-bond acceptors (Lipinski definition) is 4. The first-order chi connectivity index (χ1) is 9.51. The number of rotatable bonds is 5. The maximum absolute atomic E-state index is 10.8. The van der Waals surface area contributed by atoms with Gasteiger partial charge in [-0.2, -0.15) is 0 Å². The Balaban J connectivity index is 2.13. The minimum Gasteiger partial charge on any atom is -0.378 e. The van der Waals surface area contributed by atoms with E-state index in [1.807, 2.05) is 6.07 Å². The fourth-order valence-electron chi connectivity index (χ4n) is 2.09. The largest absolute Gasteiger partial charge is 0.378 e. The summed E-state index contributed by atoms with van der Waals surface area (Å²) in [5.74, 6) is 0. The summed E-state index contributed by atoms with van der Waals surface area (Å²) < 4.78 is 0. The topological polar surface area (TPSA) is 55.2 Å². The van der Waals surface area contributed by atoms with Crippen molar-refractivity contribution >= 4 is 22.7 Å². The van der Waals surface area contributed by atoms with Gasteiger partial charge < -0.3 is 5.32 Å². The lowest BCUT2D eigenvalue weighted by molar-refractivity contribution is -0.385. The molecule has 1 aromatic heterocycles. The molecule has 0 aliphatic heterocycles. The number of nitro groups is 1. The van der Waals surface area contributed by atoms with Crippen molar-refractivity contribution in [3.05, 3.63) is 55.8 Å². The van der Waals surface area contributed by atoms with Crippen molar-refractivity contribution < 1.29 is 4.92 Å². The molecule has 2 aromatic rings. The molecule has 0 amide bonds. The van der Waals surface area contributed by atoms with E-state index in [0.29, 0.717) is 5.56 Å². The first-order valence-electron chi connectivity index (χ1n) is 6.61. The third-order valence-corrected chi connectivity index (χ3v) is 4.65. The van der Waals surface area contributed by atoms with E-state index in [0.717, 1.165) is 12.1 Å². The van der Waals surface area contributed by atoms with Crippen molar-refractivity contribution in [2.75, 3.05) is 5.32 Å². The minimum absolute atomic E-state index is 0.160. The molecule has 20 heavy (non-hydrogen) atoms. The molecule has 4 nitrogen and oxygen atoms in total. The molecular weight excluding hydrogens is 272 g/mol. The van der Waals surface area contributed by atoms with Gasteiger partial charge in [-0.15, -0.1) is 11.3 Å². The molecule has 1 N–H and O–H groups in total. The van der Waals surface area contributed by atoms with E-state index < -0.39 is 0 Å². The van der Waals surface area contributed by atoms with E-state index in [2.05, 4.69) is 31.3 Å². The van der Waals surface area contributed by atoms with Gasteiger partial charge in [0.1, 0.15) is 0 Å². The van der Waals surface area contributed by atoms with Gasteiger partial charge in [-0.05, 0) is 44.5 Å². The van der Waals surface area contributed by atoms with Crippen LogP contribution in [0.4, 0.5) is 11.4 Å². The van der Waals surface area contributed by atoms with Gasteiger partial charge in [-0.1, -0.05) is 6.92 Å². The first kappa shape index (κ1) is 14.5. The molecule has 0 radical (unpaired) electrons. The maximum Gasteiger partial charge on any atom is 0.272 e. The quantitative estimate of drug-likeness (QED) is 0.641. The number of thiophene rings is 1. The van der Waals surface area contributed by atoms with Gasteiger partial charge in [0.05, 0.1) is 11.0 Å². The highest BCUT2D eigenvalue weighted by atomic mass is 32.1. The second-order valence-corrected chi connectivity index (χ2v) is 5.98. The van der Waals surface area contributed by atoms with Crippen molar-refractivity contribution in [2.24, 2.45) is 0 Å². The number of nitro benzene ring substituents is 1. The van der Waals surface area contributed by atoms with E-state index in [1.54, 1.807) is 30.4 Å². The summed E-state index contributed by atoms with van der Waals surface area (Å²) in [5.41, 5.74) is 1.74. The lowest BCUT2D eigenvalue weighted by atomic mass is 10.1. The zero-order chi connectivity index (χ0) is 14.7. The van der Waals surface area contributed by atoms with Crippen molar-refractivity contribution in [1.82, 2.24) is 0 Å². The standard InChI is InChI=1S/C15H18N2O2S/c1-4-13-6-8-15(20-13)11(3)16-12-5-7-14(17(18)19)10(2)9-12/h5-9,11,16H,4H2,1-3H3. The van der Waals surface area contributed by atoms with Gasteiger partial charge in [-0.25, -0.2) is 0 Å². The van der Waals surface area contributed by atoms with E-state index in [4.69, 9.17) is 0 Å². The summed E-state index contributed by atoms with van der Waals surface area (Å²) in [6, 6.07) is 9.62. The Labute approximate surface area is 122 Å². The summed E-state index contributed by atoms with van der Waals surface area (Å²) in [5, 5.41) is 14.2. The van der Waals surface area contributed by atoms with Gasteiger partial charge in [-0.3, -0.25) is 10.1 Å². The van der Waals surface area contributed by atoms with Crippen molar-refractivity contribution in [1.29, 1.82) is 0 Å². The van der Waals surface area contributed by atoms with Gasteiger partial charge in [0, 0.05) is 27.1 Å². The van der Waals surface area contributed by atoms with Crippen LogP contribution in [0.3, 0.4) is 0 Å². The fraction of sp³-hybridized carbons (Fsp3) is 0.333. The summed E-state index contributed by atoms with van der Waals surface area (Å²) in [7, 11) is 0. The van der Waals surface area contributed by atoms with E-state index in [-0.39, 0.29) is 16.7 Å². The van der Waals surface area contributed by atoms with E-state index in [1.165, 1.54) is 9.75 Å². The molecular formula is C15H18N2O2S. The normalized spacial score (nSPS) is 12.2. The summed E-state index contributed by atoms with van der Waals surface area (Å²) in [6.45, 7) is 6.00. The smallest absolute Gasteiger partial charge is 0.272 e. The molecule has 0 spiro atoms. The Morgan fingerprint density at radius 3 is 2.65 bits per heavy atom. The highest BCUT2D eigenvalue weighted by molar-refractivity contribution is 7.12. The molecule has 1 atom stereocenters. The Bertz CT molecular complexity index is 622. The number of nitrogens with zero attached hydrogens (tertiary/aromatic N) is 1. The zero-order valence-electron chi connectivity index (χ0n) is 11.8. The molecule has 1 unspecified atom stereocenters. The average Bonchev–Trinajstić information content (AvgIpc) is 2.87. The zero-order valence-corrected chi connectivity index (χ0v) is 12.7. The molecule has 1 aromatic carbocycles. The lowest BCUT2D eigenvalue weighted by Gasteiger charge is -2.14. The van der Waals surface area contributed by atoms with Gasteiger partial charge in [0.2, 0.25) is 0 Å². The average molecular weight is 290 g/mol. The minimum atomic E-state index is -0.352. The van der Waals surface area contributed by atoms with Gasteiger partial charge in [0.25, 0.3) is 5.69 Å². The third-order valence-electron chi connectivity index (χ3n) is 3.23. The number of nitrogens with one attached hydrogen (secondary N) is 1. The van der Waals surface area contributed by atoms with Crippen LogP contribution in [0.15, 0.2) is 30.3 Å². The van der Waals surface area contributed by atoms with Crippen LogP contribution in [0, 0.1) is 17.0 Å². The summed E-state index contributed by atoms with van der Waals surface area (Å²) in [4.78, 5) is 13.1. The number of anilines is 1. The Morgan fingerprint density at radius 2 is 2.10 bits per heavy atom. The molecule has 0 fully saturated rings. The van der Waals surface area contributed by atoms with Crippen molar-refractivity contribution in [3.8, 4) is 0 Å². The van der Waals surface area contributed by atoms with Crippen LogP contribution in [0.1, 0.15) is 35.2 Å². The Kier molecular flexibility index (Phi) is 4.39. The van der Waals surface area contributed by atoms with Gasteiger partial charge in [0.15, 0.2) is 0 Å². The van der Waals surface area contributed by atoms with Gasteiger partial charge >= 0.3 is 0 Å². The van der Waals surface area contributed by atoms with Crippen LogP contribution in [0.25, 0.3) is 0 Å². The van der Waals surface area contributed by atoms with Crippen LogP contribution in [-0.2, 0) is 6.42 Å². The maximum atomic E-state index is 10.8. The van der Waals surface area contributed by atoms with Crippen molar-refractivity contribution in [3.63, 3.8) is 0 Å². The van der Waals surface area contributed by atoms with Crippen molar-refractivity contribution in [2.45, 2.75) is 33.2 Å². The third kappa shape index (κ3) is 3.17. The number of aryl methyl sites for hydroxylation is 2. The van der Waals surface area contributed by atoms with Crippen LogP contribution in [0.2, 0.25) is 0 Å². The highest BCUT2D eigenvalue weighted by Gasteiger charge is 2.12. The second kappa shape index (κ2) is 6.05. The predicted octanol–water partition coefficient (Wildman–Crippen LogP) is 4.70. The highest BCUT2D eigenvalue weighted by Crippen LogP contribution is 2.28. The molecule has 5 heteroatoms. The number of benzene rings is 1. The first-order valence-corrected chi connectivity index (χ1v) is 7.43. The molecule has 106 valence electrons. The van der Waals surface area contributed by atoms with E-state index >= 15 is 0 Å². The number of hydrogen-bond donors (Lipinski definition) is 1. The van der Waals surface area contributed by atoms with Crippen LogP contribution in [-0.4, -0.2) is 4.92 Å². The molecule has 1 heterocycles. The van der Waals surface area contributed by atoms with E-state index in [9.17, 15) is 10.1 Å². The molecule has 0 aliphatic rings. The van der Waals surface area contributed by atoms with Crippen LogP contribution < -0.4 is 5.32 Å². The predicted molar refractivity (Wildman–Crippen MR) is 83.6 cm³/mol. The molecule has 0 aliphatic carbocycles. The SMILES string of the molecule is CCc1ccc(C(C)Nc2ccc([N+](=O)[O-])c(C)c2)s1. The second-order valence-electron chi connectivity index (χ2n) is 4.78. The van der Waals surface area contributed by atoms with Crippen LogP contribution in [0.5, 0.6) is 0 Å². The summed E-state index contributed by atoms with van der Waals surface area (Å²) >= 11 is 1.80. The molecule has 0 bridgehead atoms. The molecule has 0 saturated carbocycles. The summed E-state index contributed by atoms with van der Waals surface area (Å²) in [6.07, 6.45) is 1.05. The Hall–Kier alpha value is -1.88. The lowest BCUT2D eigenvalue weighted by Crippen LogP contribution is -2.05. The molecule has 0 saturated heterocycles. The Morgan fingerprint density at radius 1 is 1.35 bits per heavy atom. The monoisotopic (exact) mass is 290 g/mol. The van der Waals surface area contributed by atoms with Crippen LogP contribution >= 0.6 is 11.3 Å².